The minimum Gasteiger partial charge on any atom is -0.478 e. The third kappa shape index (κ3) is 4.60. The Labute approximate surface area is 198 Å². The highest BCUT2D eigenvalue weighted by atomic mass is 19.4. The fraction of sp³-hybridized carbons (Fsp3) is 0.588. The van der Waals surface area contributed by atoms with Gasteiger partial charge < -0.3 is 16.6 Å². The molecule has 0 fully saturated rings. The molecule has 0 aliphatic heterocycles. The Morgan fingerprint density at radius 2 is 1.08 bits per heavy atom. The lowest BCUT2D eigenvalue weighted by Gasteiger charge is -2.42. The van der Waals surface area contributed by atoms with Crippen LogP contribution in [0.2, 0.25) is 0 Å². The van der Waals surface area contributed by atoms with E-state index in [1.54, 1.807) is 0 Å². The van der Waals surface area contributed by atoms with Crippen molar-refractivity contribution < 1.29 is 84.5 Å². The predicted octanol–water partition coefficient (Wildman–Crippen LogP) is 6.31. The Bertz CT molecular complexity index is 1050. The molecule has 0 radical (unpaired) electrons. The number of carboxylic acids is 1. The van der Waals surface area contributed by atoms with Gasteiger partial charge in [-0.3, -0.25) is 0 Å². The number of anilines is 2. The molecule has 220 valence electrons. The lowest BCUT2D eigenvalue weighted by Crippen LogP contribution is -2.72. The van der Waals surface area contributed by atoms with Crippen LogP contribution in [0.25, 0.3) is 0 Å². The average molecular weight is 598 g/mol. The average Bonchev–Trinajstić information content (AvgIpc) is 2.75. The van der Waals surface area contributed by atoms with E-state index in [0.29, 0.717) is 0 Å². The van der Waals surface area contributed by atoms with Gasteiger partial charge in [0.05, 0.1) is 5.56 Å². The first kappa shape index (κ1) is 33.1. The topological polar surface area (TPSA) is 89.3 Å². The number of carboxylic acid groups (broad SMARTS) is 1. The first-order valence-corrected chi connectivity index (χ1v) is 9.05. The van der Waals surface area contributed by atoms with E-state index in [1.807, 2.05) is 0 Å². The molecule has 1 aromatic rings. The van der Waals surface area contributed by atoms with E-state index in [-0.39, 0.29) is 12.1 Å². The van der Waals surface area contributed by atoms with Crippen LogP contribution in [0.3, 0.4) is 0 Å². The Morgan fingerprint density at radius 3 is 1.45 bits per heavy atom. The summed E-state index contributed by atoms with van der Waals surface area (Å²) in [6.07, 6.45) is -21.0. The third-order valence-electron chi connectivity index (χ3n) is 4.92. The predicted molar refractivity (Wildman–Crippen MR) is 91.6 cm³/mol. The molecule has 0 saturated heterocycles. The maximum Gasteiger partial charge on any atom is 0.384 e. The zero-order chi connectivity index (χ0) is 30.6. The summed E-state index contributed by atoms with van der Waals surface area (Å²) in [6.45, 7) is 0. The molecule has 0 aromatic heterocycles. The summed E-state index contributed by atoms with van der Waals surface area (Å²) in [4.78, 5) is 11.1. The number of alkyl halides is 17. The zero-order valence-corrected chi connectivity index (χ0v) is 17.4. The summed E-state index contributed by atoms with van der Waals surface area (Å²) >= 11 is 0. The highest BCUT2D eigenvalue weighted by Gasteiger charge is 2.92. The van der Waals surface area contributed by atoms with Crippen LogP contribution in [0.4, 0.5) is 86.0 Å². The van der Waals surface area contributed by atoms with E-state index in [0.717, 1.165) is 0 Å². The monoisotopic (exact) mass is 598 g/mol. The quantitative estimate of drug-likeness (QED) is 0.206. The van der Waals surface area contributed by atoms with Gasteiger partial charge in [0.1, 0.15) is 0 Å². The van der Waals surface area contributed by atoms with Crippen molar-refractivity contribution in [1.29, 1.82) is 0 Å². The van der Waals surface area contributed by atoms with E-state index in [2.05, 4.69) is 0 Å². The van der Waals surface area contributed by atoms with Gasteiger partial charge in [0.15, 0.2) is 12.3 Å². The molecule has 0 bridgehead atoms. The number of benzene rings is 1. The highest BCUT2D eigenvalue weighted by Crippen LogP contribution is 2.63. The first-order chi connectivity index (χ1) is 16.7. The summed E-state index contributed by atoms with van der Waals surface area (Å²) in [5, 5.41) is 8.87. The fourth-order valence-electron chi connectivity index (χ4n) is 2.81. The Balaban J connectivity index is 3.76. The van der Waals surface area contributed by atoms with Gasteiger partial charge in [0.2, 0.25) is 6.17 Å². The number of nitrogens with two attached hydrogens (primary N) is 2. The molecular formula is C17H11F17N2O2. The second-order valence-electron chi connectivity index (χ2n) is 7.46. The van der Waals surface area contributed by atoms with Crippen LogP contribution in [0.5, 0.6) is 0 Å². The summed E-state index contributed by atoms with van der Waals surface area (Å²) in [5.74, 6) is -51.2. The third-order valence-corrected chi connectivity index (χ3v) is 4.92. The maximum absolute atomic E-state index is 14.5. The zero-order valence-electron chi connectivity index (χ0n) is 17.4. The number of rotatable bonds is 11. The molecule has 0 saturated carbocycles. The van der Waals surface area contributed by atoms with Gasteiger partial charge >= 0.3 is 41.5 Å². The molecule has 0 heterocycles. The molecule has 21 heteroatoms. The van der Waals surface area contributed by atoms with Crippen molar-refractivity contribution in [1.82, 2.24) is 0 Å². The van der Waals surface area contributed by atoms with Gasteiger partial charge in [-0.05, 0) is 12.1 Å². The standard InChI is InChI=1S/C17H11F17N2O2/c18-7(10(21)22)9(20)13(25,26)15(29,30)17(33,34)16(31,32)14(27,28)12(23,24)8(19)6-4(11(37)38)1-3(35)2-5(6)36/h1-2,7-10H,35-36H2,(H,37,38). The van der Waals surface area contributed by atoms with Gasteiger partial charge in [-0.1, -0.05) is 0 Å². The van der Waals surface area contributed by atoms with Crippen LogP contribution in [-0.2, 0) is 0 Å². The number of carbonyl (C=O) groups is 1. The lowest BCUT2D eigenvalue weighted by molar-refractivity contribution is -0.434. The van der Waals surface area contributed by atoms with Gasteiger partial charge in [0.25, 0.3) is 6.43 Å². The van der Waals surface area contributed by atoms with Crippen molar-refractivity contribution in [3.63, 3.8) is 0 Å². The van der Waals surface area contributed by atoms with Crippen molar-refractivity contribution >= 4 is 17.3 Å². The van der Waals surface area contributed by atoms with Crippen molar-refractivity contribution in [2.45, 2.75) is 60.5 Å². The molecule has 0 aliphatic carbocycles. The normalized spacial score (nSPS) is 16.9. The maximum atomic E-state index is 14.5. The molecule has 38 heavy (non-hydrogen) atoms. The molecule has 0 spiro atoms. The SMILES string of the molecule is Nc1cc(N)c(C(F)C(F)(F)C(F)(F)C(F)(F)C(F)(F)C(F)(F)C(F)(F)C(F)C(F)C(F)F)c(C(=O)O)c1. The highest BCUT2D eigenvalue weighted by molar-refractivity contribution is 5.93. The summed E-state index contributed by atoms with van der Waals surface area (Å²) in [7, 11) is 0. The molecule has 3 unspecified atom stereocenters. The van der Waals surface area contributed by atoms with Gasteiger partial charge in [0, 0.05) is 16.9 Å². The summed E-state index contributed by atoms with van der Waals surface area (Å²) in [5.41, 5.74) is 3.45. The van der Waals surface area contributed by atoms with Crippen molar-refractivity contribution in [2.24, 2.45) is 0 Å². The van der Waals surface area contributed by atoms with Gasteiger partial charge in [-0.2, -0.15) is 52.7 Å². The molecule has 1 aromatic carbocycles. The first-order valence-electron chi connectivity index (χ1n) is 9.05. The van der Waals surface area contributed by atoms with E-state index < -0.39 is 88.9 Å². The van der Waals surface area contributed by atoms with Crippen LogP contribution < -0.4 is 11.5 Å². The van der Waals surface area contributed by atoms with E-state index in [4.69, 9.17) is 16.6 Å². The second kappa shape index (κ2) is 9.69. The van der Waals surface area contributed by atoms with Crippen molar-refractivity contribution in [3.8, 4) is 0 Å². The van der Waals surface area contributed by atoms with Gasteiger partial charge in [-0.25, -0.2) is 26.7 Å². The Hall–Kier alpha value is -2.90. The summed E-state index contributed by atoms with van der Waals surface area (Å²) in [6, 6.07) is 0.218. The molecular weight excluding hydrogens is 587 g/mol. The fourth-order valence-corrected chi connectivity index (χ4v) is 2.81. The number of hydrogen-bond acceptors (Lipinski definition) is 3. The number of nitrogen functional groups attached to an aromatic ring is 2. The van der Waals surface area contributed by atoms with Crippen LogP contribution in [0, 0.1) is 0 Å². The molecule has 5 N–H and O–H groups in total. The van der Waals surface area contributed by atoms with Crippen molar-refractivity contribution in [3.05, 3.63) is 23.3 Å². The summed E-state index contributed by atoms with van der Waals surface area (Å²) < 4.78 is 231. The van der Waals surface area contributed by atoms with Gasteiger partial charge in [-0.15, -0.1) is 0 Å². The second-order valence-corrected chi connectivity index (χ2v) is 7.46. The number of halogens is 17. The molecule has 1 rings (SSSR count). The Kier molecular flexibility index (Phi) is 8.45. The van der Waals surface area contributed by atoms with E-state index >= 15 is 0 Å². The molecule has 0 amide bonds. The number of aromatic carboxylic acids is 1. The molecule has 0 aliphatic rings. The molecule has 4 nitrogen and oxygen atoms in total. The minimum atomic E-state index is -8.55. The lowest BCUT2D eigenvalue weighted by atomic mass is 9.85. The van der Waals surface area contributed by atoms with Crippen LogP contribution in [0.15, 0.2) is 12.1 Å². The molecule has 3 atom stereocenters. The minimum absolute atomic E-state index is 0.0358. The number of hydrogen-bond donors (Lipinski definition) is 3. The van der Waals surface area contributed by atoms with E-state index in [9.17, 15) is 79.4 Å². The smallest absolute Gasteiger partial charge is 0.384 e. The Morgan fingerprint density at radius 1 is 0.684 bits per heavy atom. The van der Waals surface area contributed by atoms with Crippen LogP contribution in [-0.4, -0.2) is 65.4 Å². The van der Waals surface area contributed by atoms with Crippen LogP contribution in [0.1, 0.15) is 22.1 Å². The van der Waals surface area contributed by atoms with Crippen molar-refractivity contribution in [2.75, 3.05) is 11.5 Å². The van der Waals surface area contributed by atoms with Crippen LogP contribution >= 0.6 is 0 Å². The largest absolute Gasteiger partial charge is 0.478 e. The van der Waals surface area contributed by atoms with E-state index in [1.165, 1.54) is 0 Å².